The zero-order valence-electron chi connectivity index (χ0n) is 20.7. The lowest BCUT2D eigenvalue weighted by atomic mass is 10.0. The van der Waals surface area contributed by atoms with Crippen LogP contribution in [0.2, 0.25) is 0 Å². The van der Waals surface area contributed by atoms with Gasteiger partial charge in [-0.25, -0.2) is 0 Å². The van der Waals surface area contributed by atoms with Gasteiger partial charge in [-0.15, -0.1) is 0 Å². The third-order valence-corrected chi connectivity index (χ3v) is 6.30. The highest BCUT2D eigenvalue weighted by atomic mass is 19.4. The summed E-state index contributed by atoms with van der Waals surface area (Å²) in [4.78, 5) is 12.4. The van der Waals surface area contributed by atoms with Crippen molar-refractivity contribution in [2.45, 2.75) is 84.4 Å². The van der Waals surface area contributed by atoms with Crippen molar-refractivity contribution in [3.05, 3.63) is 34.9 Å². The van der Waals surface area contributed by atoms with Gasteiger partial charge in [0.1, 0.15) is 0 Å². The van der Waals surface area contributed by atoms with E-state index in [1.807, 2.05) is 13.8 Å². The topological polar surface area (TPSA) is 50.4 Å². The van der Waals surface area contributed by atoms with Crippen LogP contribution in [0.25, 0.3) is 0 Å². The normalized spacial score (nSPS) is 27.2. The number of amides is 1. The first-order valence-electron chi connectivity index (χ1n) is 12.3. The molecule has 0 bridgehead atoms. The summed E-state index contributed by atoms with van der Waals surface area (Å²) in [5.41, 5.74) is -3.00. The average Bonchev–Trinajstić information content (AvgIpc) is 3.17. The molecular formula is C25H36F6N2O2. The highest BCUT2D eigenvalue weighted by molar-refractivity contribution is 5.79. The maximum absolute atomic E-state index is 12.9. The van der Waals surface area contributed by atoms with Crippen molar-refractivity contribution in [2.24, 2.45) is 17.8 Å². The van der Waals surface area contributed by atoms with Gasteiger partial charge < -0.3 is 15.4 Å². The number of fused-ring (bicyclic) bond motifs is 1. The molecule has 0 aromatic heterocycles. The molecule has 200 valence electrons. The minimum Gasteiger partial charge on any atom is -0.381 e. The van der Waals surface area contributed by atoms with E-state index in [4.69, 9.17) is 4.74 Å². The Morgan fingerprint density at radius 3 is 1.94 bits per heavy atom. The van der Waals surface area contributed by atoms with Gasteiger partial charge in [0.05, 0.1) is 24.3 Å². The van der Waals surface area contributed by atoms with Crippen LogP contribution in [-0.2, 0) is 28.4 Å². The van der Waals surface area contributed by atoms with Gasteiger partial charge in [0.15, 0.2) is 0 Å². The number of hydrogen-bond acceptors (Lipinski definition) is 3. The van der Waals surface area contributed by atoms with Gasteiger partial charge >= 0.3 is 12.4 Å². The van der Waals surface area contributed by atoms with Crippen molar-refractivity contribution < 1.29 is 35.9 Å². The number of carbonyl (C=O) groups excluding carboxylic acids is 1. The third-order valence-electron chi connectivity index (χ3n) is 6.30. The second kappa shape index (κ2) is 12.4. The number of rotatable bonds is 5. The van der Waals surface area contributed by atoms with Gasteiger partial charge in [-0.2, -0.15) is 26.3 Å². The van der Waals surface area contributed by atoms with Gasteiger partial charge in [-0.3, -0.25) is 4.79 Å². The summed E-state index contributed by atoms with van der Waals surface area (Å²) in [5, 5.41) is 6.06. The minimum absolute atomic E-state index is 0.0802. The SMILES string of the molecule is CC.CCC.O=C(NCc1cc(C(F)(F)F)cc(C(F)(F)F)c1)[C@H]1CCC(NC2C3COCC32)C1. The highest BCUT2D eigenvalue weighted by Crippen LogP contribution is 2.45. The Kier molecular flexibility index (Phi) is 10.4. The molecule has 3 aliphatic rings. The van der Waals surface area contributed by atoms with Crippen molar-refractivity contribution >= 4 is 5.91 Å². The van der Waals surface area contributed by atoms with Crippen LogP contribution in [0.15, 0.2) is 18.2 Å². The molecule has 1 aromatic carbocycles. The van der Waals surface area contributed by atoms with Gasteiger partial charge in [0.25, 0.3) is 0 Å². The second-order valence-corrected chi connectivity index (χ2v) is 9.10. The van der Waals surface area contributed by atoms with Crippen molar-refractivity contribution in [3.63, 3.8) is 0 Å². The van der Waals surface area contributed by atoms with Crippen LogP contribution in [0.3, 0.4) is 0 Å². The number of ether oxygens (including phenoxy) is 1. The molecule has 3 unspecified atom stereocenters. The predicted octanol–water partition coefficient (Wildman–Crippen LogP) is 6.19. The molecule has 2 aliphatic carbocycles. The summed E-state index contributed by atoms with van der Waals surface area (Å²) in [6.45, 7) is 9.39. The number of nitrogens with one attached hydrogen (secondary N) is 2. The average molecular weight is 511 g/mol. The number of carbonyl (C=O) groups is 1. The molecule has 1 amide bonds. The molecule has 4 nitrogen and oxygen atoms in total. The smallest absolute Gasteiger partial charge is 0.381 e. The summed E-state index contributed by atoms with van der Waals surface area (Å²) < 4.78 is 83.0. The van der Waals surface area contributed by atoms with Crippen molar-refractivity contribution in [3.8, 4) is 0 Å². The minimum atomic E-state index is -4.91. The Bertz CT molecular complexity index is 785. The van der Waals surface area contributed by atoms with E-state index >= 15 is 0 Å². The summed E-state index contributed by atoms with van der Waals surface area (Å²) in [6.07, 6.45) is -6.50. The van der Waals surface area contributed by atoms with Gasteiger partial charge in [-0.05, 0) is 43.0 Å². The predicted molar refractivity (Wildman–Crippen MR) is 121 cm³/mol. The van der Waals surface area contributed by atoms with Crippen molar-refractivity contribution in [1.82, 2.24) is 10.6 Å². The Morgan fingerprint density at radius 2 is 1.46 bits per heavy atom. The standard InChI is InChI=1S/C20H22F6N2O2.C3H8.C2H6/c21-19(22,23)12-3-10(4-13(6-12)20(24,25)26)7-27-18(29)11-1-2-14(5-11)28-17-15-8-30-9-16(15)17;1-3-2;1-2/h3-4,6,11,14-17,28H,1-2,5,7-9H2,(H,27,29);3H2,1-2H3;1-2H3/t11-,14?,15?,16?,17?;;/m0../s1. The van der Waals surface area contributed by atoms with E-state index in [1.165, 1.54) is 6.42 Å². The monoisotopic (exact) mass is 510 g/mol. The lowest BCUT2D eigenvalue weighted by molar-refractivity contribution is -0.143. The van der Waals surface area contributed by atoms with Crippen LogP contribution in [-0.4, -0.2) is 31.2 Å². The molecule has 1 aliphatic heterocycles. The summed E-state index contributed by atoms with van der Waals surface area (Å²) in [5.74, 6) is 0.443. The van der Waals surface area contributed by atoms with E-state index < -0.39 is 23.5 Å². The van der Waals surface area contributed by atoms with Crippen LogP contribution in [0.5, 0.6) is 0 Å². The number of halogens is 6. The Balaban J connectivity index is 0.000000803. The molecule has 10 heteroatoms. The van der Waals surface area contributed by atoms with Gasteiger partial charge in [-0.1, -0.05) is 34.1 Å². The van der Waals surface area contributed by atoms with E-state index in [-0.39, 0.29) is 36.0 Å². The van der Waals surface area contributed by atoms with E-state index in [0.717, 1.165) is 19.6 Å². The van der Waals surface area contributed by atoms with Gasteiger partial charge in [0, 0.05) is 36.4 Å². The number of hydrogen-bond donors (Lipinski definition) is 2. The van der Waals surface area contributed by atoms with Crippen LogP contribution >= 0.6 is 0 Å². The zero-order chi connectivity index (χ0) is 26.4. The quantitative estimate of drug-likeness (QED) is 0.465. The first-order chi connectivity index (χ1) is 16.4. The molecular weight excluding hydrogens is 474 g/mol. The molecule has 2 N–H and O–H groups in total. The molecule has 1 aromatic rings. The molecule has 4 atom stereocenters. The largest absolute Gasteiger partial charge is 0.416 e. The lowest BCUT2D eigenvalue weighted by Gasteiger charge is -2.16. The van der Waals surface area contributed by atoms with E-state index in [2.05, 4.69) is 24.5 Å². The zero-order valence-corrected chi connectivity index (χ0v) is 20.7. The molecule has 0 radical (unpaired) electrons. The molecule has 2 saturated carbocycles. The Labute approximate surface area is 203 Å². The molecule has 0 spiro atoms. The Morgan fingerprint density at radius 1 is 0.943 bits per heavy atom. The van der Waals surface area contributed by atoms with Crippen LogP contribution in [0, 0.1) is 17.8 Å². The van der Waals surface area contributed by atoms with Crippen LogP contribution in [0.4, 0.5) is 26.3 Å². The lowest BCUT2D eigenvalue weighted by Crippen LogP contribution is -2.34. The molecule has 3 fully saturated rings. The highest BCUT2D eigenvalue weighted by Gasteiger charge is 2.54. The fraction of sp³-hybridized carbons (Fsp3) is 0.720. The first kappa shape index (κ1) is 29.4. The Hall–Kier alpha value is -1.81. The van der Waals surface area contributed by atoms with Crippen molar-refractivity contribution in [1.29, 1.82) is 0 Å². The van der Waals surface area contributed by atoms with Crippen LogP contribution in [0.1, 0.15) is 70.1 Å². The maximum atomic E-state index is 12.9. The first-order valence-corrected chi connectivity index (χ1v) is 12.3. The molecule has 1 saturated heterocycles. The molecule has 4 rings (SSSR count). The summed E-state index contributed by atoms with van der Waals surface area (Å²) in [7, 11) is 0. The maximum Gasteiger partial charge on any atom is 0.416 e. The third kappa shape index (κ3) is 8.10. The van der Waals surface area contributed by atoms with E-state index in [1.54, 1.807) is 0 Å². The fourth-order valence-electron chi connectivity index (χ4n) is 4.59. The van der Waals surface area contributed by atoms with E-state index in [0.29, 0.717) is 42.9 Å². The molecule has 1 heterocycles. The molecule has 35 heavy (non-hydrogen) atoms. The fourth-order valence-corrected chi connectivity index (χ4v) is 4.59. The van der Waals surface area contributed by atoms with Crippen molar-refractivity contribution in [2.75, 3.05) is 13.2 Å². The number of benzene rings is 1. The van der Waals surface area contributed by atoms with E-state index in [9.17, 15) is 31.1 Å². The summed E-state index contributed by atoms with van der Waals surface area (Å²) >= 11 is 0. The van der Waals surface area contributed by atoms with Crippen LogP contribution < -0.4 is 10.6 Å². The second-order valence-electron chi connectivity index (χ2n) is 9.10. The van der Waals surface area contributed by atoms with Gasteiger partial charge in [0.2, 0.25) is 5.91 Å². The summed E-state index contributed by atoms with van der Waals surface area (Å²) in [6, 6.07) is 1.99. The number of alkyl halides is 6.